The molecule has 0 aromatic heterocycles. The number of benzene rings is 1. The molecular formula is C11H14BrNO2S. The number of rotatable bonds is 3. The lowest BCUT2D eigenvalue weighted by Crippen LogP contribution is -2.32. The standard InChI is InChI=1S/C11H14BrNO2S/c12-9-5-7-11(8-6-9)16(14,15)13-10-3-1-2-4-10/h5-8,10,13H,1-4H2. The molecule has 0 atom stereocenters. The molecular weight excluding hydrogens is 290 g/mol. The Morgan fingerprint density at radius 3 is 2.25 bits per heavy atom. The molecule has 2 rings (SSSR count). The minimum atomic E-state index is -3.33. The van der Waals surface area contributed by atoms with E-state index in [4.69, 9.17) is 0 Å². The van der Waals surface area contributed by atoms with Crippen LogP contribution in [0.5, 0.6) is 0 Å². The van der Waals surface area contributed by atoms with Gasteiger partial charge < -0.3 is 0 Å². The van der Waals surface area contributed by atoms with Crippen LogP contribution < -0.4 is 4.72 Å². The molecule has 3 nitrogen and oxygen atoms in total. The van der Waals surface area contributed by atoms with Gasteiger partial charge in [-0.15, -0.1) is 0 Å². The quantitative estimate of drug-likeness (QED) is 0.933. The molecule has 0 aliphatic heterocycles. The van der Waals surface area contributed by atoms with Crippen LogP contribution in [-0.2, 0) is 10.0 Å². The lowest BCUT2D eigenvalue weighted by Gasteiger charge is -2.12. The molecule has 88 valence electrons. The summed E-state index contributed by atoms with van der Waals surface area (Å²) in [7, 11) is -3.33. The first kappa shape index (κ1) is 12.1. The van der Waals surface area contributed by atoms with Crippen LogP contribution in [0.15, 0.2) is 33.6 Å². The van der Waals surface area contributed by atoms with Crippen molar-refractivity contribution in [3.05, 3.63) is 28.7 Å². The molecule has 0 saturated heterocycles. The van der Waals surface area contributed by atoms with Crippen LogP contribution in [-0.4, -0.2) is 14.5 Å². The molecule has 0 radical (unpaired) electrons. The molecule has 1 N–H and O–H groups in total. The normalized spacial score (nSPS) is 17.8. The van der Waals surface area contributed by atoms with Gasteiger partial charge in [-0.2, -0.15) is 0 Å². The first-order chi connectivity index (χ1) is 7.58. The second kappa shape index (κ2) is 4.85. The van der Waals surface area contributed by atoms with Gasteiger partial charge in [0.2, 0.25) is 10.0 Å². The summed E-state index contributed by atoms with van der Waals surface area (Å²) in [6.07, 6.45) is 4.15. The van der Waals surface area contributed by atoms with Crippen LogP contribution in [0, 0.1) is 0 Å². The zero-order chi connectivity index (χ0) is 11.6. The first-order valence-corrected chi connectivity index (χ1v) is 7.63. The Morgan fingerprint density at radius 1 is 1.12 bits per heavy atom. The molecule has 0 heterocycles. The van der Waals surface area contributed by atoms with Crippen LogP contribution in [0.25, 0.3) is 0 Å². The molecule has 5 heteroatoms. The summed E-state index contributed by atoms with van der Waals surface area (Å²) in [5.74, 6) is 0. The van der Waals surface area contributed by atoms with Crippen molar-refractivity contribution in [1.29, 1.82) is 0 Å². The summed E-state index contributed by atoms with van der Waals surface area (Å²) in [5.41, 5.74) is 0. The Morgan fingerprint density at radius 2 is 1.69 bits per heavy atom. The highest BCUT2D eigenvalue weighted by molar-refractivity contribution is 9.10. The lowest BCUT2D eigenvalue weighted by atomic mass is 10.3. The molecule has 1 aliphatic rings. The second-order valence-electron chi connectivity index (χ2n) is 4.06. The summed E-state index contributed by atoms with van der Waals surface area (Å²) >= 11 is 3.29. The minimum Gasteiger partial charge on any atom is -0.208 e. The summed E-state index contributed by atoms with van der Waals surface area (Å²) < 4.78 is 27.6. The van der Waals surface area contributed by atoms with Crippen molar-refractivity contribution in [2.75, 3.05) is 0 Å². The molecule has 1 aromatic rings. The zero-order valence-electron chi connectivity index (χ0n) is 8.82. The Bertz CT molecular complexity index is 449. The SMILES string of the molecule is O=S(=O)(NC1CCCC1)c1ccc(Br)cc1. The van der Waals surface area contributed by atoms with E-state index in [1.165, 1.54) is 0 Å². The van der Waals surface area contributed by atoms with Gasteiger partial charge in [0, 0.05) is 10.5 Å². The number of hydrogen-bond donors (Lipinski definition) is 1. The Labute approximate surface area is 104 Å². The van der Waals surface area contributed by atoms with Crippen molar-refractivity contribution < 1.29 is 8.42 Å². The highest BCUT2D eigenvalue weighted by Crippen LogP contribution is 2.21. The molecule has 0 spiro atoms. The molecule has 0 unspecified atom stereocenters. The van der Waals surface area contributed by atoms with Crippen LogP contribution in [0.1, 0.15) is 25.7 Å². The Balaban J connectivity index is 2.14. The number of nitrogens with one attached hydrogen (secondary N) is 1. The fourth-order valence-corrected chi connectivity index (χ4v) is 3.51. The van der Waals surface area contributed by atoms with E-state index in [1.54, 1.807) is 24.3 Å². The van der Waals surface area contributed by atoms with Crippen molar-refractivity contribution in [2.45, 2.75) is 36.6 Å². The van der Waals surface area contributed by atoms with Gasteiger partial charge in [0.1, 0.15) is 0 Å². The minimum absolute atomic E-state index is 0.119. The van der Waals surface area contributed by atoms with Crippen molar-refractivity contribution in [3.8, 4) is 0 Å². The summed E-state index contributed by atoms with van der Waals surface area (Å²) in [6.45, 7) is 0. The lowest BCUT2D eigenvalue weighted by molar-refractivity contribution is 0.552. The number of sulfonamides is 1. The number of hydrogen-bond acceptors (Lipinski definition) is 2. The van der Waals surface area contributed by atoms with E-state index in [-0.39, 0.29) is 6.04 Å². The van der Waals surface area contributed by atoms with Crippen molar-refractivity contribution in [2.24, 2.45) is 0 Å². The van der Waals surface area contributed by atoms with E-state index in [0.29, 0.717) is 4.90 Å². The largest absolute Gasteiger partial charge is 0.240 e. The maximum atomic E-state index is 12.0. The van der Waals surface area contributed by atoms with Gasteiger partial charge in [-0.25, -0.2) is 13.1 Å². The van der Waals surface area contributed by atoms with Gasteiger partial charge in [0.25, 0.3) is 0 Å². The molecule has 1 aromatic carbocycles. The van der Waals surface area contributed by atoms with Gasteiger partial charge >= 0.3 is 0 Å². The Kier molecular flexibility index (Phi) is 3.66. The van der Waals surface area contributed by atoms with Gasteiger partial charge in [-0.05, 0) is 37.1 Å². The van der Waals surface area contributed by atoms with E-state index in [0.717, 1.165) is 30.2 Å². The second-order valence-corrected chi connectivity index (χ2v) is 6.69. The van der Waals surface area contributed by atoms with Gasteiger partial charge in [-0.3, -0.25) is 0 Å². The van der Waals surface area contributed by atoms with Crippen molar-refractivity contribution >= 4 is 26.0 Å². The first-order valence-electron chi connectivity index (χ1n) is 5.36. The van der Waals surface area contributed by atoms with Gasteiger partial charge in [0.05, 0.1) is 4.90 Å². The highest BCUT2D eigenvalue weighted by atomic mass is 79.9. The zero-order valence-corrected chi connectivity index (χ0v) is 11.2. The summed E-state index contributed by atoms with van der Waals surface area (Å²) in [4.78, 5) is 0.336. The third-order valence-corrected chi connectivity index (χ3v) is 4.87. The molecule has 16 heavy (non-hydrogen) atoms. The summed E-state index contributed by atoms with van der Waals surface area (Å²) in [5, 5.41) is 0. The van der Waals surface area contributed by atoms with Gasteiger partial charge in [-0.1, -0.05) is 28.8 Å². The average molecular weight is 304 g/mol. The summed E-state index contributed by atoms with van der Waals surface area (Å²) in [6, 6.07) is 6.82. The number of halogens is 1. The van der Waals surface area contributed by atoms with Gasteiger partial charge in [0.15, 0.2) is 0 Å². The fraction of sp³-hybridized carbons (Fsp3) is 0.455. The fourth-order valence-electron chi connectivity index (χ4n) is 1.94. The van der Waals surface area contributed by atoms with Crippen LogP contribution in [0.2, 0.25) is 0 Å². The van der Waals surface area contributed by atoms with E-state index in [9.17, 15) is 8.42 Å². The van der Waals surface area contributed by atoms with E-state index in [2.05, 4.69) is 20.7 Å². The van der Waals surface area contributed by atoms with Crippen LogP contribution in [0.4, 0.5) is 0 Å². The van der Waals surface area contributed by atoms with E-state index in [1.807, 2.05) is 0 Å². The Hall–Kier alpha value is -0.390. The highest BCUT2D eigenvalue weighted by Gasteiger charge is 2.22. The molecule has 0 amide bonds. The molecule has 1 saturated carbocycles. The smallest absolute Gasteiger partial charge is 0.208 e. The van der Waals surface area contributed by atoms with Crippen LogP contribution >= 0.6 is 15.9 Å². The predicted molar refractivity (Wildman–Crippen MR) is 66.7 cm³/mol. The van der Waals surface area contributed by atoms with E-state index >= 15 is 0 Å². The maximum absolute atomic E-state index is 12.0. The average Bonchev–Trinajstić information content (AvgIpc) is 2.70. The maximum Gasteiger partial charge on any atom is 0.240 e. The third kappa shape index (κ3) is 2.84. The third-order valence-electron chi connectivity index (χ3n) is 2.80. The van der Waals surface area contributed by atoms with Crippen LogP contribution in [0.3, 0.4) is 0 Å². The predicted octanol–water partition coefficient (Wildman–Crippen LogP) is 2.67. The van der Waals surface area contributed by atoms with Crippen molar-refractivity contribution in [3.63, 3.8) is 0 Å². The topological polar surface area (TPSA) is 46.2 Å². The molecule has 1 fully saturated rings. The van der Waals surface area contributed by atoms with Crippen molar-refractivity contribution in [1.82, 2.24) is 4.72 Å². The van der Waals surface area contributed by atoms with E-state index < -0.39 is 10.0 Å². The monoisotopic (exact) mass is 303 g/mol. The molecule has 1 aliphatic carbocycles. The molecule has 0 bridgehead atoms.